The second-order valence-electron chi connectivity index (χ2n) is 8.14. The standard InChI is InChI=1S/C21H29NO3/c23-14-6-17-7-15-25-20(16-17)10-12-22(13-11-20)19(24)21(8-9-21)18-4-2-1-3-5-18/h1-5,17,23H,6-16H2. The van der Waals surface area contributed by atoms with E-state index in [1.807, 2.05) is 18.2 Å². The molecule has 2 aliphatic heterocycles. The Hall–Kier alpha value is -1.39. The Morgan fingerprint density at radius 1 is 1.16 bits per heavy atom. The molecule has 136 valence electrons. The van der Waals surface area contributed by atoms with Gasteiger partial charge in [-0.25, -0.2) is 0 Å². The molecule has 1 aliphatic carbocycles. The van der Waals surface area contributed by atoms with Crippen LogP contribution in [0.4, 0.5) is 0 Å². The number of aliphatic hydroxyl groups is 1. The van der Waals surface area contributed by atoms with Crippen LogP contribution in [0.5, 0.6) is 0 Å². The minimum Gasteiger partial charge on any atom is -0.396 e. The molecule has 1 amide bonds. The first-order valence-electron chi connectivity index (χ1n) is 9.77. The van der Waals surface area contributed by atoms with Gasteiger partial charge in [0.1, 0.15) is 0 Å². The fraction of sp³-hybridized carbons (Fsp3) is 0.667. The van der Waals surface area contributed by atoms with E-state index in [2.05, 4.69) is 17.0 Å². The number of aliphatic hydroxyl groups excluding tert-OH is 1. The molecule has 25 heavy (non-hydrogen) atoms. The number of hydrogen-bond donors (Lipinski definition) is 1. The van der Waals surface area contributed by atoms with Gasteiger partial charge in [0.05, 0.1) is 11.0 Å². The number of amides is 1. The highest BCUT2D eigenvalue weighted by molar-refractivity contribution is 5.91. The van der Waals surface area contributed by atoms with E-state index in [0.717, 1.165) is 64.6 Å². The summed E-state index contributed by atoms with van der Waals surface area (Å²) >= 11 is 0. The highest BCUT2D eigenvalue weighted by Crippen LogP contribution is 2.50. The van der Waals surface area contributed by atoms with Gasteiger partial charge in [0.15, 0.2) is 0 Å². The van der Waals surface area contributed by atoms with Crippen molar-refractivity contribution in [3.8, 4) is 0 Å². The molecule has 1 aromatic rings. The maximum Gasteiger partial charge on any atom is 0.233 e. The molecule has 4 rings (SSSR count). The zero-order valence-corrected chi connectivity index (χ0v) is 15.0. The Bertz CT molecular complexity index is 601. The van der Waals surface area contributed by atoms with Crippen LogP contribution in [0.1, 0.15) is 50.5 Å². The summed E-state index contributed by atoms with van der Waals surface area (Å²) in [6, 6.07) is 10.3. The van der Waals surface area contributed by atoms with Crippen molar-refractivity contribution >= 4 is 5.91 Å². The molecule has 1 saturated carbocycles. The van der Waals surface area contributed by atoms with Gasteiger partial charge in [-0.1, -0.05) is 30.3 Å². The molecule has 3 fully saturated rings. The van der Waals surface area contributed by atoms with Crippen LogP contribution in [-0.4, -0.2) is 47.8 Å². The lowest BCUT2D eigenvalue weighted by molar-refractivity contribution is -0.149. The van der Waals surface area contributed by atoms with Crippen molar-refractivity contribution in [3.63, 3.8) is 0 Å². The second kappa shape index (κ2) is 6.73. The largest absolute Gasteiger partial charge is 0.396 e. The SMILES string of the molecule is O=C(N1CCC2(CC1)CC(CCO)CCO2)C1(c2ccccc2)CC1. The van der Waals surface area contributed by atoms with Crippen molar-refractivity contribution in [3.05, 3.63) is 35.9 Å². The summed E-state index contributed by atoms with van der Waals surface area (Å²) in [4.78, 5) is 15.2. The van der Waals surface area contributed by atoms with Gasteiger partial charge >= 0.3 is 0 Å². The Labute approximate surface area is 150 Å². The quantitative estimate of drug-likeness (QED) is 0.914. The number of benzene rings is 1. The minimum atomic E-state index is -0.251. The molecule has 0 aromatic heterocycles. The Balaban J connectivity index is 1.40. The molecule has 4 nitrogen and oxygen atoms in total. The van der Waals surface area contributed by atoms with Gasteiger partial charge in [0.2, 0.25) is 5.91 Å². The molecular weight excluding hydrogens is 314 g/mol. The summed E-state index contributed by atoms with van der Waals surface area (Å²) < 4.78 is 6.18. The number of likely N-dealkylation sites (tertiary alicyclic amines) is 1. The predicted octanol–water partition coefficient (Wildman–Crippen LogP) is 2.89. The number of carbonyl (C=O) groups excluding carboxylic acids is 1. The number of rotatable bonds is 4. The van der Waals surface area contributed by atoms with Crippen molar-refractivity contribution in [2.24, 2.45) is 5.92 Å². The molecule has 1 aromatic carbocycles. The molecular formula is C21H29NO3. The third-order valence-electron chi connectivity index (χ3n) is 6.58. The van der Waals surface area contributed by atoms with Crippen LogP contribution in [0.2, 0.25) is 0 Å². The molecule has 1 N–H and O–H groups in total. The van der Waals surface area contributed by atoms with E-state index >= 15 is 0 Å². The molecule has 3 aliphatic rings. The fourth-order valence-electron chi connectivity index (χ4n) is 4.83. The normalized spacial score (nSPS) is 27.2. The van der Waals surface area contributed by atoms with Crippen molar-refractivity contribution in [2.45, 2.75) is 56.0 Å². The van der Waals surface area contributed by atoms with Crippen molar-refractivity contribution < 1.29 is 14.6 Å². The number of ether oxygens (including phenoxy) is 1. The van der Waals surface area contributed by atoms with E-state index < -0.39 is 0 Å². The summed E-state index contributed by atoms with van der Waals surface area (Å²) in [5.74, 6) is 0.886. The lowest BCUT2D eigenvalue weighted by Gasteiger charge is -2.46. The molecule has 1 spiro atoms. The summed E-state index contributed by atoms with van der Waals surface area (Å²) in [6.07, 6.45) is 6.81. The van der Waals surface area contributed by atoms with Gasteiger partial charge in [0, 0.05) is 26.3 Å². The van der Waals surface area contributed by atoms with Crippen LogP contribution >= 0.6 is 0 Å². The van der Waals surface area contributed by atoms with Gasteiger partial charge in [-0.15, -0.1) is 0 Å². The first kappa shape index (κ1) is 17.0. The highest BCUT2D eigenvalue weighted by atomic mass is 16.5. The van der Waals surface area contributed by atoms with Crippen LogP contribution in [0.25, 0.3) is 0 Å². The zero-order valence-electron chi connectivity index (χ0n) is 15.0. The van der Waals surface area contributed by atoms with Crippen LogP contribution in [0.15, 0.2) is 30.3 Å². The van der Waals surface area contributed by atoms with E-state index in [1.165, 1.54) is 5.56 Å². The van der Waals surface area contributed by atoms with E-state index in [9.17, 15) is 9.90 Å². The first-order chi connectivity index (χ1) is 12.2. The number of carbonyl (C=O) groups is 1. The first-order valence-corrected chi connectivity index (χ1v) is 9.77. The topological polar surface area (TPSA) is 49.8 Å². The smallest absolute Gasteiger partial charge is 0.233 e. The monoisotopic (exact) mass is 343 g/mol. The Kier molecular flexibility index (Phi) is 4.59. The maximum atomic E-state index is 13.2. The molecule has 1 atom stereocenters. The summed E-state index contributed by atoms with van der Waals surface area (Å²) in [7, 11) is 0. The number of piperidine rings is 1. The van der Waals surface area contributed by atoms with E-state index in [0.29, 0.717) is 11.8 Å². The highest BCUT2D eigenvalue weighted by Gasteiger charge is 2.54. The third kappa shape index (κ3) is 3.22. The lowest BCUT2D eigenvalue weighted by atomic mass is 9.78. The zero-order chi connectivity index (χ0) is 17.3. The van der Waals surface area contributed by atoms with Gasteiger partial charge in [-0.05, 0) is 56.4 Å². The summed E-state index contributed by atoms with van der Waals surface area (Å²) in [5.41, 5.74) is 0.869. The lowest BCUT2D eigenvalue weighted by Crippen LogP contribution is -2.52. The van der Waals surface area contributed by atoms with Crippen LogP contribution in [0.3, 0.4) is 0 Å². The minimum absolute atomic E-state index is 0.0572. The fourth-order valence-corrected chi connectivity index (χ4v) is 4.83. The van der Waals surface area contributed by atoms with Gasteiger partial charge < -0.3 is 14.7 Å². The summed E-state index contributed by atoms with van der Waals surface area (Å²) in [6.45, 7) is 2.68. The van der Waals surface area contributed by atoms with Gasteiger partial charge in [-0.2, -0.15) is 0 Å². The molecule has 1 unspecified atom stereocenters. The third-order valence-corrected chi connectivity index (χ3v) is 6.58. The van der Waals surface area contributed by atoms with E-state index in [-0.39, 0.29) is 17.6 Å². The van der Waals surface area contributed by atoms with Crippen molar-refractivity contribution in [1.29, 1.82) is 0 Å². The Morgan fingerprint density at radius 2 is 1.88 bits per heavy atom. The predicted molar refractivity (Wildman–Crippen MR) is 96.3 cm³/mol. The van der Waals surface area contributed by atoms with E-state index in [1.54, 1.807) is 0 Å². The van der Waals surface area contributed by atoms with Crippen LogP contribution < -0.4 is 0 Å². The average molecular weight is 343 g/mol. The number of nitrogens with zero attached hydrogens (tertiary/aromatic N) is 1. The molecule has 0 bridgehead atoms. The molecule has 2 heterocycles. The summed E-state index contributed by atoms with van der Waals surface area (Å²) in [5, 5.41) is 9.23. The van der Waals surface area contributed by atoms with Crippen LogP contribution in [0, 0.1) is 5.92 Å². The average Bonchev–Trinajstić information content (AvgIpc) is 3.45. The Morgan fingerprint density at radius 3 is 2.52 bits per heavy atom. The van der Waals surface area contributed by atoms with Gasteiger partial charge in [0.25, 0.3) is 0 Å². The van der Waals surface area contributed by atoms with E-state index in [4.69, 9.17) is 4.74 Å². The van der Waals surface area contributed by atoms with Crippen molar-refractivity contribution in [2.75, 3.05) is 26.3 Å². The molecule has 0 radical (unpaired) electrons. The second-order valence-corrected chi connectivity index (χ2v) is 8.14. The van der Waals surface area contributed by atoms with Crippen LogP contribution in [-0.2, 0) is 14.9 Å². The molecule has 4 heteroatoms. The molecule has 2 saturated heterocycles. The maximum absolute atomic E-state index is 13.2. The number of hydrogen-bond acceptors (Lipinski definition) is 3. The van der Waals surface area contributed by atoms with Crippen molar-refractivity contribution in [1.82, 2.24) is 4.90 Å². The van der Waals surface area contributed by atoms with Gasteiger partial charge in [-0.3, -0.25) is 4.79 Å².